The Kier molecular flexibility index (Phi) is 6.74. The van der Waals surface area contributed by atoms with Gasteiger partial charge in [-0.15, -0.1) is 0 Å². The Labute approximate surface area is 209 Å². The van der Waals surface area contributed by atoms with Crippen LogP contribution in [-0.4, -0.2) is 53.0 Å². The number of aromatic nitrogens is 6. The Morgan fingerprint density at radius 1 is 1.17 bits per heavy atom. The molecule has 3 N–H and O–H groups in total. The first-order valence-electron chi connectivity index (χ1n) is 12.0. The number of hydrogen-bond donors (Lipinski definition) is 3. The Hall–Kier alpha value is -3.54. The standard InChI is InChI=1S/C24H34FN9O2/c1-14(2)36-19-9-8-15(10-18(19)34-22(35)33(7)31-32-34)28-21-26-13-17(25)20(29-21)27-16-11-23(3,4)30-24(5,6)12-16/h8-10,13-14,16,30H,11-12H2,1-7H3,(H2,26,27,28,29). The van der Waals surface area contributed by atoms with Gasteiger partial charge in [-0.25, -0.2) is 14.2 Å². The predicted octanol–water partition coefficient (Wildman–Crippen LogP) is 3.15. The van der Waals surface area contributed by atoms with Crippen molar-refractivity contribution in [3.05, 3.63) is 40.7 Å². The number of benzene rings is 1. The molecule has 11 nitrogen and oxygen atoms in total. The Morgan fingerprint density at radius 2 is 1.86 bits per heavy atom. The molecule has 12 heteroatoms. The highest BCUT2D eigenvalue weighted by Gasteiger charge is 2.38. The molecule has 2 aromatic heterocycles. The zero-order chi connectivity index (χ0) is 26.3. The first kappa shape index (κ1) is 25.5. The molecule has 1 aromatic carbocycles. The first-order chi connectivity index (χ1) is 16.8. The molecule has 3 heterocycles. The Morgan fingerprint density at radius 3 is 2.47 bits per heavy atom. The minimum Gasteiger partial charge on any atom is -0.489 e. The van der Waals surface area contributed by atoms with Crippen LogP contribution in [0.3, 0.4) is 0 Å². The van der Waals surface area contributed by atoms with Gasteiger partial charge in [0.2, 0.25) is 5.95 Å². The van der Waals surface area contributed by atoms with Crippen molar-refractivity contribution in [2.45, 2.75) is 77.6 Å². The number of piperidine rings is 1. The molecule has 1 fully saturated rings. The molecule has 1 aliphatic heterocycles. The lowest BCUT2D eigenvalue weighted by Crippen LogP contribution is -2.60. The summed E-state index contributed by atoms with van der Waals surface area (Å²) in [6, 6.07) is 5.21. The monoisotopic (exact) mass is 499 g/mol. The summed E-state index contributed by atoms with van der Waals surface area (Å²) in [6.45, 7) is 12.3. The molecule has 1 saturated heterocycles. The van der Waals surface area contributed by atoms with Crippen LogP contribution in [0.2, 0.25) is 0 Å². The van der Waals surface area contributed by atoms with Crippen LogP contribution >= 0.6 is 0 Å². The average Bonchev–Trinajstić information content (AvgIpc) is 3.07. The molecule has 4 rings (SSSR count). The van der Waals surface area contributed by atoms with Crippen LogP contribution in [0.4, 0.5) is 21.8 Å². The van der Waals surface area contributed by atoms with Crippen molar-refractivity contribution in [1.82, 2.24) is 35.1 Å². The smallest absolute Gasteiger partial charge is 0.368 e. The third kappa shape index (κ3) is 5.81. The van der Waals surface area contributed by atoms with Crippen LogP contribution in [0.1, 0.15) is 54.4 Å². The average molecular weight is 500 g/mol. The van der Waals surface area contributed by atoms with Gasteiger partial charge >= 0.3 is 5.69 Å². The second kappa shape index (κ2) is 9.49. The van der Waals surface area contributed by atoms with Gasteiger partial charge in [0.15, 0.2) is 11.6 Å². The lowest BCUT2D eigenvalue weighted by molar-refractivity contribution is 0.170. The Bertz CT molecular complexity index is 1280. The largest absolute Gasteiger partial charge is 0.489 e. The van der Waals surface area contributed by atoms with Gasteiger partial charge in [-0.05, 0) is 83.0 Å². The number of rotatable bonds is 7. The number of halogens is 1. The van der Waals surface area contributed by atoms with E-state index in [2.05, 4.69) is 64.0 Å². The third-order valence-corrected chi connectivity index (χ3v) is 5.80. The highest BCUT2D eigenvalue weighted by Crippen LogP contribution is 2.31. The van der Waals surface area contributed by atoms with Gasteiger partial charge in [0, 0.05) is 29.9 Å². The normalized spacial score (nSPS) is 17.2. The summed E-state index contributed by atoms with van der Waals surface area (Å²) in [5.41, 5.74) is 0.363. The van der Waals surface area contributed by atoms with E-state index in [-0.39, 0.29) is 35.0 Å². The van der Waals surface area contributed by atoms with Crippen molar-refractivity contribution in [3.63, 3.8) is 0 Å². The van der Waals surface area contributed by atoms with Crippen molar-refractivity contribution in [1.29, 1.82) is 0 Å². The molecular formula is C24H34FN9O2. The molecule has 0 unspecified atom stereocenters. The van der Waals surface area contributed by atoms with E-state index in [1.807, 2.05) is 13.8 Å². The molecule has 0 bridgehead atoms. The highest BCUT2D eigenvalue weighted by molar-refractivity contribution is 5.62. The lowest BCUT2D eigenvalue weighted by atomic mass is 9.79. The second-order valence-corrected chi connectivity index (χ2v) is 10.8. The van der Waals surface area contributed by atoms with Crippen LogP contribution in [0.15, 0.2) is 29.2 Å². The van der Waals surface area contributed by atoms with E-state index in [1.54, 1.807) is 18.2 Å². The van der Waals surface area contributed by atoms with Crippen LogP contribution in [0, 0.1) is 5.82 Å². The number of anilines is 3. The number of hydrogen-bond acceptors (Lipinski definition) is 9. The van der Waals surface area contributed by atoms with E-state index >= 15 is 0 Å². The molecule has 0 spiro atoms. The molecule has 0 atom stereocenters. The molecule has 1 aliphatic rings. The quantitative estimate of drug-likeness (QED) is 0.450. The first-order valence-corrected chi connectivity index (χ1v) is 12.0. The molecule has 36 heavy (non-hydrogen) atoms. The number of aryl methyl sites for hydroxylation is 1. The van der Waals surface area contributed by atoms with Gasteiger partial charge in [0.05, 0.1) is 12.3 Å². The number of tetrazole rings is 1. The second-order valence-electron chi connectivity index (χ2n) is 10.8. The minimum atomic E-state index is -0.526. The van der Waals surface area contributed by atoms with Crippen molar-refractivity contribution >= 4 is 17.5 Å². The summed E-state index contributed by atoms with van der Waals surface area (Å²) >= 11 is 0. The zero-order valence-corrected chi connectivity index (χ0v) is 21.8. The van der Waals surface area contributed by atoms with Crippen molar-refractivity contribution in [2.24, 2.45) is 7.05 Å². The fourth-order valence-corrected chi connectivity index (χ4v) is 4.85. The molecule has 194 valence electrons. The lowest BCUT2D eigenvalue weighted by Gasteiger charge is -2.46. The van der Waals surface area contributed by atoms with Gasteiger partial charge < -0.3 is 20.7 Å². The van der Waals surface area contributed by atoms with Crippen LogP contribution in [0.5, 0.6) is 5.75 Å². The van der Waals surface area contributed by atoms with E-state index in [4.69, 9.17) is 4.74 Å². The van der Waals surface area contributed by atoms with E-state index in [0.717, 1.165) is 28.4 Å². The molecule has 0 saturated carbocycles. The molecule has 0 radical (unpaired) electrons. The molecule has 0 amide bonds. The molecule has 3 aromatic rings. The highest BCUT2D eigenvalue weighted by atomic mass is 19.1. The zero-order valence-electron chi connectivity index (χ0n) is 21.8. The fraction of sp³-hybridized carbons (Fsp3) is 0.542. The minimum absolute atomic E-state index is 0.0381. The van der Waals surface area contributed by atoms with Gasteiger partial charge in [0.1, 0.15) is 11.4 Å². The number of nitrogens with zero attached hydrogens (tertiary/aromatic N) is 6. The maximum Gasteiger partial charge on any atom is 0.368 e. The van der Waals surface area contributed by atoms with Crippen LogP contribution in [-0.2, 0) is 7.05 Å². The number of ether oxygens (including phenoxy) is 1. The van der Waals surface area contributed by atoms with E-state index in [9.17, 15) is 9.18 Å². The van der Waals surface area contributed by atoms with E-state index in [1.165, 1.54) is 7.05 Å². The van der Waals surface area contributed by atoms with E-state index < -0.39 is 11.5 Å². The van der Waals surface area contributed by atoms with Gasteiger partial charge in [0.25, 0.3) is 0 Å². The predicted molar refractivity (Wildman–Crippen MR) is 136 cm³/mol. The Balaban J connectivity index is 1.60. The van der Waals surface area contributed by atoms with Crippen molar-refractivity contribution < 1.29 is 9.13 Å². The fourth-order valence-electron chi connectivity index (χ4n) is 4.85. The summed E-state index contributed by atoms with van der Waals surface area (Å²) in [5.74, 6) is 0.288. The van der Waals surface area contributed by atoms with Crippen molar-refractivity contribution in [3.8, 4) is 11.4 Å². The summed E-state index contributed by atoms with van der Waals surface area (Å²) in [4.78, 5) is 21.0. The van der Waals surface area contributed by atoms with Gasteiger partial charge in [-0.1, -0.05) is 0 Å². The molecule has 0 aliphatic carbocycles. The summed E-state index contributed by atoms with van der Waals surface area (Å²) in [7, 11) is 1.52. The van der Waals surface area contributed by atoms with Crippen molar-refractivity contribution in [2.75, 3.05) is 10.6 Å². The van der Waals surface area contributed by atoms with Gasteiger partial charge in [-0.2, -0.15) is 14.3 Å². The SMILES string of the molecule is CC(C)Oc1ccc(Nc2ncc(F)c(NC3CC(C)(C)NC(C)(C)C3)n2)cc1-n1nnn(C)c1=O. The van der Waals surface area contributed by atoms with Crippen LogP contribution < -0.4 is 26.4 Å². The maximum atomic E-state index is 14.7. The summed E-state index contributed by atoms with van der Waals surface area (Å²) < 4.78 is 22.8. The van der Waals surface area contributed by atoms with Gasteiger partial charge in [-0.3, -0.25) is 0 Å². The molecular weight excluding hydrogens is 465 g/mol. The van der Waals surface area contributed by atoms with Crippen LogP contribution in [0.25, 0.3) is 5.69 Å². The number of nitrogens with one attached hydrogen (secondary N) is 3. The summed E-state index contributed by atoms with van der Waals surface area (Å²) in [5, 5.41) is 17.7. The maximum absolute atomic E-state index is 14.7. The summed E-state index contributed by atoms with van der Waals surface area (Å²) in [6.07, 6.45) is 2.65. The third-order valence-electron chi connectivity index (χ3n) is 5.80. The topological polar surface area (TPSA) is 124 Å². The van der Waals surface area contributed by atoms with E-state index in [0.29, 0.717) is 17.1 Å².